The van der Waals surface area contributed by atoms with Gasteiger partial charge in [0.05, 0.1) is 0 Å². The van der Waals surface area contributed by atoms with E-state index in [0.29, 0.717) is 0 Å². The molecule has 1 atom stereocenters. The van der Waals surface area contributed by atoms with Crippen molar-refractivity contribution in [3.63, 3.8) is 0 Å². The molecule has 0 aromatic rings. The van der Waals surface area contributed by atoms with E-state index in [4.69, 9.17) is 19.6 Å². The quantitative estimate of drug-likeness (QED) is 0.397. The maximum Gasteiger partial charge on any atom is 0.366 e. The Morgan fingerprint density at radius 1 is 1.36 bits per heavy atom. The summed E-state index contributed by atoms with van der Waals surface area (Å²) in [6, 6.07) is 0. The highest BCUT2D eigenvalue weighted by atomic mass is 31.2. The summed E-state index contributed by atoms with van der Waals surface area (Å²) in [5.74, 6) is 0. The molecule has 0 aromatic carbocycles. The van der Waals surface area contributed by atoms with Gasteiger partial charge in [0.1, 0.15) is 0 Å². The second-order valence-electron chi connectivity index (χ2n) is 3.16. The molecule has 0 rings (SSSR count). The van der Waals surface area contributed by atoms with Gasteiger partial charge in [-0.3, -0.25) is 4.57 Å². The van der Waals surface area contributed by atoms with Crippen LogP contribution in [0.25, 0.3) is 0 Å². The summed E-state index contributed by atoms with van der Waals surface area (Å²) in [6.07, 6.45) is -0.400. The highest BCUT2D eigenvalue weighted by molar-refractivity contribution is 7.69. The molecule has 14 heavy (non-hydrogen) atoms. The predicted octanol–water partition coefficient (Wildman–Crippen LogP) is -0.942. The van der Waals surface area contributed by atoms with Gasteiger partial charge < -0.3 is 29.6 Å². The van der Waals surface area contributed by atoms with Crippen LogP contribution < -0.4 is 0 Å². The van der Waals surface area contributed by atoms with Crippen molar-refractivity contribution in [3.8, 4) is 0 Å². The Bertz CT molecular complexity index is 228. The average molecular weight is 247 g/mol. The molecule has 0 spiro atoms. The number of hydrogen-bond acceptors (Lipinski definition) is 5. The van der Waals surface area contributed by atoms with Gasteiger partial charge in [-0.2, -0.15) is 0 Å². The first-order valence-electron chi connectivity index (χ1n) is 3.72. The Hall–Kier alpha value is 0.420. The summed E-state index contributed by atoms with van der Waals surface area (Å²) < 4.78 is 10.8. The van der Waals surface area contributed by atoms with Gasteiger partial charge in [-0.15, -0.1) is 0 Å². The molecule has 0 aliphatic carbocycles. The second-order valence-corrected chi connectivity index (χ2v) is 6.66. The van der Waals surface area contributed by atoms with Crippen LogP contribution in [0.5, 0.6) is 0 Å². The number of rotatable bonds is 5. The van der Waals surface area contributed by atoms with Crippen LogP contribution in [-0.4, -0.2) is 55.3 Å². The van der Waals surface area contributed by atoms with Crippen molar-refractivity contribution in [3.05, 3.63) is 0 Å². The molecule has 7 nitrogen and oxygen atoms in total. The van der Waals surface area contributed by atoms with Gasteiger partial charge in [-0.25, -0.2) is 0 Å². The lowest BCUT2D eigenvalue weighted by atomic mass is 10.4. The SMILES string of the molecule is CN(C)CCC(O)(P(O)O)P(=O)(O)O. The van der Waals surface area contributed by atoms with Crippen molar-refractivity contribution in [2.75, 3.05) is 20.6 Å². The molecule has 1 unspecified atom stereocenters. The Balaban J connectivity index is 4.67. The lowest BCUT2D eigenvalue weighted by molar-refractivity contribution is 0.130. The highest BCUT2D eigenvalue weighted by Gasteiger charge is 2.51. The zero-order valence-corrected chi connectivity index (χ0v) is 9.69. The topological polar surface area (TPSA) is 121 Å². The van der Waals surface area contributed by atoms with Crippen molar-refractivity contribution < 1.29 is 29.2 Å². The van der Waals surface area contributed by atoms with Crippen LogP contribution in [0.2, 0.25) is 0 Å². The van der Waals surface area contributed by atoms with Crippen LogP contribution in [0.15, 0.2) is 0 Å². The van der Waals surface area contributed by atoms with Crippen LogP contribution in [0, 0.1) is 0 Å². The van der Waals surface area contributed by atoms with Gasteiger partial charge in [0.15, 0.2) is 0 Å². The third kappa shape index (κ3) is 3.53. The standard InChI is InChI=1S/C5H15NO6P2/c1-6(2)4-3-5(7,13(8)9)14(10,11)12/h7-9H,3-4H2,1-2H3,(H2,10,11,12). The second kappa shape index (κ2) is 4.96. The van der Waals surface area contributed by atoms with E-state index in [1.54, 1.807) is 19.0 Å². The number of aliphatic hydroxyl groups is 1. The molecule has 0 aromatic heterocycles. The fraction of sp³-hybridized carbons (Fsp3) is 1.00. The van der Waals surface area contributed by atoms with Crippen molar-refractivity contribution in [1.82, 2.24) is 4.90 Å². The Morgan fingerprint density at radius 2 is 1.79 bits per heavy atom. The lowest BCUT2D eigenvalue weighted by Crippen LogP contribution is -2.31. The van der Waals surface area contributed by atoms with Crippen molar-refractivity contribution >= 4 is 16.0 Å². The smallest absolute Gasteiger partial charge is 0.366 e. The van der Waals surface area contributed by atoms with Gasteiger partial charge >= 0.3 is 7.60 Å². The van der Waals surface area contributed by atoms with Crippen molar-refractivity contribution in [2.45, 2.75) is 11.5 Å². The highest BCUT2D eigenvalue weighted by Crippen LogP contribution is 2.64. The minimum atomic E-state index is -4.94. The normalized spacial score (nSPS) is 17.5. The fourth-order valence-electron chi connectivity index (χ4n) is 0.736. The largest absolute Gasteiger partial charge is 0.370 e. The van der Waals surface area contributed by atoms with E-state index < -0.39 is 27.5 Å². The molecule has 5 N–H and O–H groups in total. The molecule has 0 heterocycles. The third-order valence-corrected chi connectivity index (χ3v) is 5.02. The van der Waals surface area contributed by atoms with Crippen LogP contribution in [0.3, 0.4) is 0 Å². The Morgan fingerprint density at radius 3 is 2.00 bits per heavy atom. The molecule has 0 saturated carbocycles. The first-order chi connectivity index (χ1) is 6.11. The molecular formula is C5H15NO6P2. The first kappa shape index (κ1) is 14.4. The molecule has 0 aliphatic rings. The van der Waals surface area contributed by atoms with Crippen molar-refractivity contribution in [1.29, 1.82) is 0 Å². The van der Waals surface area contributed by atoms with Gasteiger partial charge in [0.25, 0.3) is 0 Å². The van der Waals surface area contributed by atoms with Gasteiger partial charge in [0.2, 0.25) is 13.5 Å². The van der Waals surface area contributed by atoms with Gasteiger partial charge in [0, 0.05) is 13.0 Å². The summed E-state index contributed by atoms with van der Waals surface area (Å²) >= 11 is 0. The van der Waals surface area contributed by atoms with E-state index in [9.17, 15) is 9.67 Å². The van der Waals surface area contributed by atoms with Crippen LogP contribution in [0.1, 0.15) is 6.42 Å². The fourth-order valence-corrected chi connectivity index (χ4v) is 2.36. The van der Waals surface area contributed by atoms with E-state index >= 15 is 0 Å². The van der Waals surface area contributed by atoms with Gasteiger partial charge in [-0.05, 0) is 14.1 Å². The molecule has 0 aliphatic heterocycles. The number of hydrogen-bond donors (Lipinski definition) is 5. The third-order valence-electron chi connectivity index (χ3n) is 1.68. The monoisotopic (exact) mass is 247 g/mol. The summed E-state index contributed by atoms with van der Waals surface area (Å²) in [7, 11) is -4.77. The van der Waals surface area contributed by atoms with Crippen LogP contribution in [-0.2, 0) is 4.57 Å². The van der Waals surface area contributed by atoms with E-state index in [1.165, 1.54) is 0 Å². The van der Waals surface area contributed by atoms with Crippen LogP contribution in [0.4, 0.5) is 0 Å². The summed E-state index contributed by atoms with van der Waals surface area (Å²) in [5.41, 5.74) is 0. The Labute approximate surface area is 83.1 Å². The van der Waals surface area contributed by atoms with Crippen LogP contribution >= 0.6 is 16.0 Å². The Kier molecular flexibility index (Phi) is 5.11. The molecule has 0 radical (unpaired) electrons. The molecular weight excluding hydrogens is 232 g/mol. The average Bonchev–Trinajstić information content (AvgIpc) is 1.97. The van der Waals surface area contributed by atoms with E-state index in [-0.39, 0.29) is 6.54 Å². The number of nitrogens with zero attached hydrogens (tertiary/aromatic N) is 1. The first-order valence-corrected chi connectivity index (χ1v) is 6.58. The molecule has 0 bridgehead atoms. The maximum atomic E-state index is 10.8. The van der Waals surface area contributed by atoms with Gasteiger partial charge in [-0.1, -0.05) is 0 Å². The predicted molar refractivity (Wildman–Crippen MR) is 51.5 cm³/mol. The molecule has 9 heteroatoms. The lowest BCUT2D eigenvalue weighted by Gasteiger charge is -2.30. The van der Waals surface area contributed by atoms with Crippen molar-refractivity contribution in [2.24, 2.45) is 0 Å². The molecule has 0 amide bonds. The van der Waals surface area contributed by atoms with E-state index in [0.717, 1.165) is 0 Å². The van der Waals surface area contributed by atoms with E-state index in [1.807, 2.05) is 0 Å². The summed E-state index contributed by atoms with van der Waals surface area (Å²) in [4.78, 5) is 36.6. The zero-order chi connectivity index (χ0) is 11.6. The zero-order valence-electron chi connectivity index (χ0n) is 7.90. The summed E-state index contributed by atoms with van der Waals surface area (Å²) in [5, 5.41) is 6.68. The molecule has 86 valence electrons. The molecule has 0 saturated heterocycles. The minimum absolute atomic E-state index is 0.140. The summed E-state index contributed by atoms with van der Waals surface area (Å²) in [6.45, 7) is 0.140. The molecule has 0 fully saturated rings. The maximum absolute atomic E-state index is 10.8. The minimum Gasteiger partial charge on any atom is -0.370 e. The van der Waals surface area contributed by atoms with E-state index in [2.05, 4.69) is 0 Å².